The monoisotopic (exact) mass is 351 g/mol. The van der Waals surface area contributed by atoms with E-state index in [9.17, 15) is 4.57 Å². The topological polar surface area (TPSA) is 29.4 Å². The molecule has 2 nitrogen and oxygen atoms in total. The Balaban J connectivity index is 1.89. The van der Waals surface area contributed by atoms with Crippen molar-refractivity contribution < 1.29 is 4.57 Å². The number of rotatable bonds is 3. The molecule has 2 aliphatic rings. The summed E-state index contributed by atoms with van der Waals surface area (Å²) in [5, 5.41) is 1.66. The van der Waals surface area contributed by atoms with Gasteiger partial charge in [0.15, 0.2) is 0 Å². The van der Waals surface area contributed by atoms with Crippen molar-refractivity contribution in [1.29, 1.82) is 0 Å². The predicted octanol–water partition coefficient (Wildman–Crippen LogP) is 5.20. The van der Waals surface area contributed by atoms with E-state index in [1.165, 1.54) is 12.1 Å². The minimum absolute atomic E-state index is 0.0664. The van der Waals surface area contributed by atoms with E-state index in [0.29, 0.717) is 5.92 Å². The van der Waals surface area contributed by atoms with Crippen LogP contribution in [0.2, 0.25) is 0 Å². The van der Waals surface area contributed by atoms with Crippen LogP contribution in [0.5, 0.6) is 0 Å². The summed E-state index contributed by atoms with van der Waals surface area (Å²) in [6, 6.07) is 19.6. The maximum Gasteiger partial charge on any atom is 0.247 e. The average molecular weight is 351 g/mol. The Kier molecular flexibility index (Phi) is 3.81. The minimum atomic E-state index is -3.01. The van der Waals surface area contributed by atoms with E-state index in [2.05, 4.69) is 20.8 Å². The van der Waals surface area contributed by atoms with Crippen LogP contribution in [0.25, 0.3) is 0 Å². The summed E-state index contributed by atoms with van der Waals surface area (Å²) in [7, 11) is -3.01. The molecule has 130 valence electrons. The van der Waals surface area contributed by atoms with Crippen molar-refractivity contribution in [3.05, 3.63) is 60.7 Å². The maximum atomic E-state index is 14.2. The van der Waals surface area contributed by atoms with Crippen molar-refractivity contribution in [2.75, 3.05) is 0 Å². The third-order valence-electron chi connectivity index (χ3n) is 6.99. The summed E-state index contributed by atoms with van der Waals surface area (Å²) < 4.78 is 19.3. The average Bonchev–Trinajstić information content (AvgIpc) is 2.96. The van der Waals surface area contributed by atoms with Gasteiger partial charge in [-0.1, -0.05) is 57.2 Å². The zero-order valence-corrected chi connectivity index (χ0v) is 16.2. The molecule has 0 aromatic heterocycles. The van der Waals surface area contributed by atoms with Crippen LogP contribution in [0.4, 0.5) is 0 Å². The molecule has 2 aromatic rings. The van der Waals surface area contributed by atoms with Gasteiger partial charge in [-0.25, -0.2) is 4.76 Å². The molecule has 3 heteroatoms. The van der Waals surface area contributed by atoms with Crippen molar-refractivity contribution in [2.24, 2.45) is 21.5 Å². The quantitative estimate of drug-likeness (QED) is 0.699. The van der Waals surface area contributed by atoms with E-state index >= 15 is 0 Å². The van der Waals surface area contributed by atoms with E-state index in [0.717, 1.165) is 23.5 Å². The summed E-state index contributed by atoms with van der Waals surface area (Å²) in [5.41, 5.74) is 1.48. The van der Waals surface area contributed by atoms with E-state index in [-0.39, 0.29) is 10.8 Å². The molecule has 2 bridgehead atoms. The highest BCUT2D eigenvalue weighted by molar-refractivity contribution is 7.77. The highest BCUT2D eigenvalue weighted by atomic mass is 31.2. The van der Waals surface area contributed by atoms with Gasteiger partial charge < -0.3 is 0 Å². The van der Waals surface area contributed by atoms with Crippen LogP contribution in [0.3, 0.4) is 0 Å². The van der Waals surface area contributed by atoms with Crippen molar-refractivity contribution in [2.45, 2.75) is 40.0 Å². The van der Waals surface area contributed by atoms with Crippen molar-refractivity contribution in [1.82, 2.24) is 0 Å². The summed E-state index contributed by atoms with van der Waals surface area (Å²) in [5.74, 6) is 0.663. The molecular weight excluding hydrogens is 325 g/mol. The van der Waals surface area contributed by atoms with Crippen LogP contribution in [-0.4, -0.2) is 5.71 Å². The molecule has 2 aromatic carbocycles. The largest absolute Gasteiger partial charge is 0.288 e. The SMILES string of the molecule is CC12CCC(CC1=NP(=O)(c1ccccc1)c1ccccc1)C2(C)C. The molecule has 2 aliphatic carbocycles. The number of nitrogens with zero attached hydrogens (tertiary/aromatic N) is 1. The molecule has 25 heavy (non-hydrogen) atoms. The van der Waals surface area contributed by atoms with Gasteiger partial charge in [0.2, 0.25) is 7.29 Å². The fraction of sp³-hybridized carbons (Fsp3) is 0.409. The van der Waals surface area contributed by atoms with Crippen molar-refractivity contribution in [3.63, 3.8) is 0 Å². The molecular formula is C22H26NOP. The third kappa shape index (κ3) is 2.38. The van der Waals surface area contributed by atoms with Crippen LogP contribution in [0, 0.1) is 16.7 Å². The number of benzene rings is 2. The van der Waals surface area contributed by atoms with E-state index in [4.69, 9.17) is 4.76 Å². The fourth-order valence-corrected chi connectivity index (χ4v) is 7.10. The standard InChI is InChI=1S/C22H26NOP/c1-21(2)17-14-15-22(21,3)20(16-17)23-25(24,18-10-6-4-7-11-18)19-12-8-5-9-13-19/h4-13,17H,14-16H2,1-3H3. The van der Waals surface area contributed by atoms with Gasteiger partial charge in [-0.2, -0.15) is 0 Å². The van der Waals surface area contributed by atoms with E-state index < -0.39 is 7.29 Å². The van der Waals surface area contributed by atoms with Crippen molar-refractivity contribution in [3.8, 4) is 0 Å². The first-order valence-corrected chi connectivity index (χ1v) is 10.8. The van der Waals surface area contributed by atoms with Crippen LogP contribution in [0.1, 0.15) is 40.0 Å². The number of fused-ring (bicyclic) bond motifs is 2. The predicted molar refractivity (Wildman–Crippen MR) is 106 cm³/mol. The molecule has 2 unspecified atom stereocenters. The second-order valence-electron chi connectivity index (χ2n) is 8.29. The van der Waals surface area contributed by atoms with Gasteiger partial charge in [0.25, 0.3) is 0 Å². The minimum Gasteiger partial charge on any atom is -0.288 e. The lowest BCUT2D eigenvalue weighted by molar-refractivity contribution is 0.194. The summed E-state index contributed by atoms with van der Waals surface area (Å²) in [4.78, 5) is 0. The van der Waals surface area contributed by atoms with Gasteiger partial charge in [-0.05, 0) is 54.9 Å². The molecule has 0 aliphatic heterocycles. The lowest BCUT2D eigenvalue weighted by Crippen LogP contribution is -2.33. The van der Waals surface area contributed by atoms with Gasteiger partial charge in [-0.15, -0.1) is 0 Å². The Hall–Kier alpha value is -1.66. The second kappa shape index (κ2) is 5.68. The van der Waals surface area contributed by atoms with Gasteiger partial charge in [0, 0.05) is 21.7 Å². The van der Waals surface area contributed by atoms with Gasteiger partial charge in [0.05, 0.1) is 0 Å². The first-order valence-electron chi connectivity index (χ1n) is 9.19. The second-order valence-corrected chi connectivity index (χ2v) is 10.7. The molecule has 0 N–H and O–H groups in total. The summed E-state index contributed by atoms with van der Waals surface area (Å²) >= 11 is 0. The molecule has 4 rings (SSSR count). The Labute approximate surface area is 150 Å². The van der Waals surface area contributed by atoms with Crippen LogP contribution >= 0.6 is 7.29 Å². The smallest absolute Gasteiger partial charge is 0.247 e. The number of hydrogen-bond donors (Lipinski definition) is 0. The van der Waals surface area contributed by atoms with Crippen LogP contribution in [0.15, 0.2) is 65.4 Å². The molecule has 2 saturated carbocycles. The molecule has 2 atom stereocenters. The van der Waals surface area contributed by atoms with E-state index in [1.54, 1.807) is 0 Å². The summed E-state index contributed by atoms with van der Waals surface area (Å²) in [6.07, 6.45) is 3.42. The zero-order chi connectivity index (χ0) is 17.7. The van der Waals surface area contributed by atoms with Crippen LogP contribution < -0.4 is 10.6 Å². The van der Waals surface area contributed by atoms with Gasteiger partial charge >= 0.3 is 0 Å². The Morgan fingerprint density at radius 1 is 0.920 bits per heavy atom. The number of hydrogen-bond acceptors (Lipinski definition) is 1. The maximum absolute atomic E-state index is 14.2. The lowest BCUT2D eigenvalue weighted by Gasteiger charge is -2.35. The lowest BCUT2D eigenvalue weighted by atomic mass is 9.70. The van der Waals surface area contributed by atoms with Crippen LogP contribution in [-0.2, 0) is 4.57 Å². The third-order valence-corrected chi connectivity index (χ3v) is 9.51. The van der Waals surface area contributed by atoms with E-state index in [1.807, 2.05) is 60.7 Å². The Bertz CT molecular complexity index is 813. The Morgan fingerprint density at radius 3 is 1.84 bits per heavy atom. The van der Waals surface area contributed by atoms with Crippen molar-refractivity contribution >= 4 is 23.6 Å². The molecule has 0 radical (unpaired) electrons. The molecule has 0 spiro atoms. The highest BCUT2D eigenvalue weighted by Gasteiger charge is 2.60. The first kappa shape index (κ1) is 16.8. The van der Waals surface area contributed by atoms with Gasteiger partial charge in [0.1, 0.15) is 0 Å². The molecule has 0 heterocycles. The molecule has 0 saturated heterocycles. The summed E-state index contributed by atoms with van der Waals surface area (Å²) in [6.45, 7) is 7.06. The van der Waals surface area contributed by atoms with Gasteiger partial charge in [-0.3, -0.25) is 4.57 Å². The Morgan fingerprint density at radius 2 is 1.44 bits per heavy atom. The molecule has 0 amide bonds. The molecule has 2 fully saturated rings. The highest BCUT2D eigenvalue weighted by Crippen LogP contribution is 2.65. The zero-order valence-electron chi connectivity index (χ0n) is 15.3. The first-order chi connectivity index (χ1) is 11.9. The fourth-order valence-electron chi connectivity index (χ4n) is 4.77. The normalized spacial score (nSPS) is 29.2.